The molecule has 6 heteroatoms. The van der Waals surface area contributed by atoms with E-state index in [9.17, 15) is 0 Å². The molecule has 0 aliphatic rings. The van der Waals surface area contributed by atoms with Gasteiger partial charge >= 0.3 is 0 Å². The van der Waals surface area contributed by atoms with Crippen LogP contribution >= 0.6 is 47.3 Å². The minimum Gasteiger partial charge on any atom is -0.355 e. The van der Waals surface area contributed by atoms with E-state index >= 15 is 0 Å². The van der Waals surface area contributed by atoms with E-state index in [4.69, 9.17) is 11.6 Å². The molecule has 1 rings (SSSR count). The summed E-state index contributed by atoms with van der Waals surface area (Å²) in [7, 11) is 3.82. The first-order valence-corrected chi connectivity index (χ1v) is 7.93. The van der Waals surface area contributed by atoms with Crippen LogP contribution in [0.4, 0.5) is 0 Å². The highest BCUT2D eigenvalue weighted by molar-refractivity contribution is 14.0. The molecule has 0 radical (unpaired) electrons. The fraction of sp³-hybridized carbons (Fsp3) is 0.500. The Labute approximate surface area is 148 Å². The van der Waals surface area contributed by atoms with Crippen molar-refractivity contribution in [1.29, 1.82) is 0 Å². The Kier molecular flexibility index (Phi) is 10.5. The topological polar surface area (TPSA) is 27.6 Å². The molecule has 0 fully saturated rings. The highest BCUT2D eigenvalue weighted by atomic mass is 127. The smallest absolute Gasteiger partial charge is 0.193 e. The van der Waals surface area contributed by atoms with E-state index in [1.54, 1.807) is 7.05 Å². The lowest BCUT2D eigenvalue weighted by molar-refractivity contribution is 0.477. The first kappa shape index (κ1) is 19.9. The molecule has 1 aromatic carbocycles. The summed E-state index contributed by atoms with van der Waals surface area (Å²) in [4.78, 5) is 6.38. The first-order chi connectivity index (χ1) is 9.08. The van der Waals surface area contributed by atoms with E-state index < -0.39 is 0 Å². The maximum absolute atomic E-state index is 6.18. The number of thioether (sulfide) groups is 1. The van der Waals surface area contributed by atoms with Crippen LogP contribution in [0.3, 0.4) is 0 Å². The van der Waals surface area contributed by atoms with Crippen LogP contribution in [0.15, 0.2) is 29.3 Å². The molecule has 0 amide bonds. The molecule has 1 aromatic rings. The number of nitrogens with one attached hydrogen (secondary N) is 1. The van der Waals surface area contributed by atoms with E-state index in [-0.39, 0.29) is 24.0 Å². The van der Waals surface area contributed by atoms with E-state index in [1.165, 1.54) is 0 Å². The second-order valence-corrected chi connectivity index (χ2v) is 6.11. The minimum absolute atomic E-state index is 0. The third kappa shape index (κ3) is 6.54. The average molecular weight is 428 g/mol. The Bertz CT molecular complexity index is 429. The van der Waals surface area contributed by atoms with Gasteiger partial charge in [0, 0.05) is 37.5 Å². The van der Waals surface area contributed by atoms with E-state index in [1.807, 2.05) is 43.1 Å². The third-order valence-corrected chi connectivity index (χ3v) is 4.23. The monoisotopic (exact) mass is 427 g/mol. The Balaban J connectivity index is 0.00000361. The summed E-state index contributed by atoms with van der Waals surface area (Å²) in [6.45, 7) is 3.84. The van der Waals surface area contributed by atoms with Crippen molar-refractivity contribution >= 4 is 53.3 Å². The Morgan fingerprint density at radius 3 is 2.65 bits per heavy atom. The molecule has 0 aliphatic heterocycles. The fourth-order valence-corrected chi connectivity index (χ4v) is 2.11. The van der Waals surface area contributed by atoms with E-state index in [2.05, 4.69) is 28.4 Å². The molecule has 0 saturated heterocycles. The van der Waals surface area contributed by atoms with Crippen LogP contribution in [0.5, 0.6) is 0 Å². The predicted molar refractivity (Wildman–Crippen MR) is 103 cm³/mol. The Hall–Kier alpha value is -0.140. The lowest BCUT2D eigenvalue weighted by Crippen LogP contribution is -2.40. The van der Waals surface area contributed by atoms with Gasteiger partial charge in [0.25, 0.3) is 0 Å². The van der Waals surface area contributed by atoms with Crippen LogP contribution in [0.1, 0.15) is 12.5 Å². The summed E-state index contributed by atoms with van der Waals surface area (Å²) in [5, 5.41) is 4.73. The fourth-order valence-electron chi connectivity index (χ4n) is 1.66. The van der Waals surface area contributed by atoms with Crippen molar-refractivity contribution in [3.8, 4) is 0 Å². The molecule has 0 aliphatic carbocycles. The zero-order valence-corrected chi connectivity index (χ0v) is 16.3. The molecule has 0 aromatic heterocycles. The van der Waals surface area contributed by atoms with Gasteiger partial charge in [0.15, 0.2) is 5.96 Å². The van der Waals surface area contributed by atoms with Crippen LogP contribution in [0.25, 0.3) is 0 Å². The summed E-state index contributed by atoms with van der Waals surface area (Å²) < 4.78 is 0. The third-order valence-electron chi connectivity index (χ3n) is 2.89. The van der Waals surface area contributed by atoms with Crippen molar-refractivity contribution in [2.75, 3.05) is 26.9 Å². The Morgan fingerprint density at radius 1 is 1.45 bits per heavy atom. The number of halogens is 2. The van der Waals surface area contributed by atoms with Gasteiger partial charge in [-0.1, -0.05) is 36.7 Å². The standard InChI is InChI=1S/C14H22ClN3S.HI/c1-11(19-4)9-17-14(16-2)18(3)10-12-7-5-6-8-13(12)15;/h5-8,11H,9-10H2,1-4H3,(H,16,17);1H. The van der Waals surface area contributed by atoms with Crippen molar-refractivity contribution in [1.82, 2.24) is 10.2 Å². The average Bonchev–Trinajstić information content (AvgIpc) is 2.41. The summed E-state index contributed by atoms with van der Waals surface area (Å²) >= 11 is 8.01. The molecular formula is C14H23ClIN3S. The zero-order chi connectivity index (χ0) is 14.3. The highest BCUT2D eigenvalue weighted by Crippen LogP contribution is 2.16. The number of hydrogen-bond donors (Lipinski definition) is 1. The van der Waals surface area contributed by atoms with Crippen molar-refractivity contribution in [3.05, 3.63) is 34.9 Å². The molecule has 1 unspecified atom stereocenters. The van der Waals surface area contributed by atoms with E-state index in [0.717, 1.165) is 29.6 Å². The molecule has 0 saturated carbocycles. The van der Waals surface area contributed by atoms with Crippen LogP contribution < -0.4 is 5.32 Å². The number of nitrogens with zero attached hydrogens (tertiary/aromatic N) is 2. The quantitative estimate of drug-likeness (QED) is 0.441. The number of rotatable bonds is 5. The molecular weight excluding hydrogens is 405 g/mol. The SMILES string of the molecule is CN=C(NCC(C)SC)N(C)Cc1ccccc1Cl.I. The number of benzene rings is 1. The highest BCUT2D eigenvalue weighted by Gasteiger charge is 2.09. The van der Waals surface area contributed by atoms with Gasteiger partial charge in [0.05, 0.1) is 0 Å². The van der Waals surface area contributed by atoms with Crippen molar-refractivity contribution in [3.63, 3.8) is 0 Å². The molecule has 3 nitrogen and oxygen atoms in total. The van der Waals surface area contributed by atoms with Crippen molar-refractivity contribution in [2.45, 2.75) is 18.7 Å². The van der Waals surface area contributed by atoms with Crippen LogP contribution in [0.2, 0.25) is 5.02 Å². The number of guanidine groups is 1. The maximum atomic E-state index is 6.18. The maximum Gasteiger partial charge on any atom is 0.193 e. The normalized spacial score (nSPS) is 12.6. The molecule has 0 spiro atoms. The largest absolute Gasteiger partial charge is 0.355 e. The Morgan fingerprint density at radius 2 is 2.10 bits per heavy atom. The second-order valence-electron chi connectivity index (χ2n) is 4.42. The van der Waals surface area contributed by atoms with Gasteiger partial charge < -0.3 is 10.2 Å². The van der Waals surface area contributed by atoms with Gasteiger partial charge in [0.2, 0.25) is 0 Å². The summed E-state index contributed by atoms with van der Waals surface area (Å²) in [6, 6.07) is 7.90. The van der Waals surface area contributed by atoms with Gasteiger partial charge in [-0.3, -0.25) is 4.99 Å². The predicted octanol–water partition coefficient (Wildman–Crippen LogP) is 3.72. The number of aliphatic imine (C=N–C) groups is 1. The van der Waals surface area contributed by atoms with Gasteiger partial charge in [0.1, 0.15) is 0 Å². The summed E-state index contributed by atoms with van der Waals surface area (Å²) in [6.07, 6.45) is 2.11. The van der Waals surface area contributed by atoms with Crippen molar-refractivity contribution < 1.29 is 0 Å². The summed E-state index contributed by atoms with van der Waals surface area (Å²) in [5.41, 5.74) is 1.10. The minimum atomic E-state index is 0. The number of hydrogen-bond acceptors (Lipinski definition) is 2. The molecule has 20 heavy (non-hydrogen) atoms. The second kappa shape index (κ2) is 10.6. The lowest BCUT2D eigenvalue weighted by Gasteiger charge is -2.23. The van der Waals surface area contributed by atoms with Gasteiger partial charge in [-0.15, -0.1) is 24.0 Å². The molecule has 0 heterocycles. The van der Waals surface area contributed by atoms with Crippen LogP contribution in [-0.4, -0.2) is 43.0 Å². The first-order valence-electron chi connectivity index (χ1n) is 6.26. The van der Waals surface area contributed by atoms with E-state index in [0.29, 0.717) is 5.25 Å². The summed E-state index contributed by atoms with van der Waals surface area (Å²) in [5.74, 6) is 0.890. The van der Waals surface area contributed by atoms with Crippen molar-refractivity contribution in [2.24, 2.45) is 4.99 Å². The van der Waals surface area contributed by atoms with Crippen LogP contribution in [0, 0.1) is 0 Å². The van der Waals surface area contributed by atoms with Crippen LogP contribution in [-0.2, 0) is 6.54 Å². The molecule has 0 bridgehead atoms. The van der Waals surface area contributed by atoms with Gasteiger partial charge in [-0.2, -0.15) is 11.8 Å². The van der Waals surface area contributed by atoms with Gasteiger partial charge in [-0.25, -0.2) is 0 Å². The molecule has 1 atom stereocenters. The lowest BCUT2D eigenvalue weighted by atomic mass is 10.2. The van der Waals surface area contributed by atoms with Gasteiger partial charge in [-0.05, 0) is 17.9 Å². The molecule has 114 valence electrons. The zero-order valence-electron chi connectivity index (χ0n) is 12.4. The molecule has 1 N–H and O–H groups in total.